The minimum absolute atomic E-state index is 0.195. The van der Waals surface area contributed by atoms with Crippen LogP contribution in [0.4, 0.5) is 5.82 Å². The number of hydrogen-bond acceptors (Lipinski definition) is 5. The SMILES string of the molecule is Cc1nc2c(OCC3CCCCO3)cccn2c1N(C)Cc1cccs1. The van der Waals surface area contributed by atoms with Crippen LogP contribution in [0.5, 0.6) is 5.75 Å². The lowest BCUT2D eigenvalue weighted by Crippen LogP contribution is -2.25. The molecule has 5 nitrogen and oxygen atoms in total. The summed E-state index contributed by atoms with van der Waals surface area (Å²) < 4.78 is 14.0. The van der Waals surface area contributed by atoms with Gasteiger partial charge in [0, 0.05) is 24.7 Å². The third-order valence-electron chi connectivity index (χ3n) is 4.79. The van der Waals surface area contributed by atoms with E-state index in [1.807, 2.05) is 12.1 Å². The molecular formula is C20H25N3O2S. The third kappa shape index (κ3) is 3.57. The zero-order valence-electron chi connectivity index (χ0n) is 15.4. The first-order valence-corrected chi connectivity index (χ1v) is 10.1. The van der Waals surface area contributed by atoms with Crippen LogP contribution in [0.25, 0.3) is 5.65 Å². The molecule has 6 heteroatoms. The molecule has 0 amide bonds. The van der Waals surface area contributed by atoms with Crippen LogP contribution in [-0.2, 0) is 11.3 Å². The normalized spacial score (nSPS) is 17.5. The Hall–Kier alpha value is -2.05. The molecular weight excluding hydrogens is 346 g/mol. The van der Waals surface area contributed by atoms with Gasteiger partial charge in [-0.05, 0) is 49.8 Å². The number of fused-ring (bicyclic) bond motifs is 1. The molecule has 1 unspecified atom stereocenters. The maximum absolute atomic E-state index is 6.09. The molecule has 0 aliphatic carbocycles. The fourth-order valence-corrected chi connectivity index (χ4v) is 4.31. The molecule has 1 aliphatic rings. The van der Waals surface area contributed by atoms with Crippen LogP contribution < -0.4 is 9.64 Å². The molecule has 0 aromatic carbocycles. The molecule has 4 rings (SSSR count). The zero-order chi connectivity index (χ0) is 17.9. The Bertz CT molecular complexity index is 853. The molecule has 0 radical (unpaired) electrons. The lowest BCUT2D eigenvalue weighted by atomic mass is 10.1. The summed E-state index contributed by atoms with van der Waals surface area (Å²) in [5.41, 5.74) is 1.88. The summed E-state index contributed by atoms with van der Waals surface area (Å²) in [4.78, 5) is 8.37. The van der Waals surface area contributed by atoms with Crippen LogP contribution >= 0.6 is 11.3 Å². The van der Waals surface area contributed by atoms with E-state index in [9.17, 15) is 0 Å². The first-order chi connectivity index (χ1) is 12.7. The van der Waals surface area contributed by atoms with Crippen LogP contribution in [0.1, 0.15) is 29.8 Å². The minimum atomic E-state index is 0.195. The van der Waals surface area contributed by atoms with Crippen LogP contribution in [0.3, 0.4) is 0 Å². The van der Waals surface area contributed by atoms with Crippen LogP contribution in [0.2, 0.25) is 0 Å². The van der Waals surface area contributed by atoms with Gasteiger partial charge in [-0.2, -0.15) is 0 Å². The molecule has 1 atom stereocenters. The Morgan fingerprint density at radius 2 is 2.27 bits per heavy atom. The van der Waals surface area contributed by atoms with Crippen molar-refractivity contribution in [1.82, 2.24) is 9.38 Å². The molecule has 3 aromatic heterocycles. The molecule has 0 saturated carbocycles. The third-order valence-corrected chi connectivity index (χ3v) is 5.65. The highest BCUT2D eigenvalue weighted by Crippen LogP contribution is 2.28. The van der Waals surface area contributed by atoms with Crippen molar-refractivity contribution in [2.24, 2.45) is 0 Å². The van der Waals surface area contributed by atoms with Gasteiger partial charge in [0.05, 0.1) is 18.3 Å². The largest absolute Gasteiger partial charge is 0.487 e. The molecule has 0 spiro atoms. The number of thiophene rings is 1. The predicted molar refractivity (Wildman–Crippen MR) is 105 cm³/mol. The Labute approximate surface area is 158 Å². The van der Waals surface area contributed by atoms with E-state index in [4.69, 9.17) is 14.5 Å². The van der Waals surface area contributed by atoms with E-state index in [1.54, 1.807) is 11.3 Å². The summed E-state index contributed by atoms with van der Waals surface area (Å²) in [6, 6.07) is 8.27. The number of imidazole rings is 1. The van der Waals surface area contributed by atoms with Crippen LogP contribution in [0, 0.1) is 6.92 Å². The number of nitrogens with zero attached hydrogens (tertiary/aromatic N) is 3. The number of rotatable bonds is 6. The highest BCUT2D eigenvalue weighted by molar-refractivity contribution is 7.09. The summed E-state index contributed by atoms with van der Waals surface area (Å²) in [5.74, 6) is 1.92. The van der Waals surface area contributed by atoms with Gasteiger partial charge in [0.2, 0.25) is 0 Å². The molecule has 1 fully saturated rings. The molecule has 4 heterocycles. The Balaban J connectivity index is 1.56. The first kappa shape index (κ1) is 17.4. The van der Waals surface area contributed by atoms with Crippen molar-refractivity contribution in [3.8, 4) is 5.75 Å². The average molecular weight is 372 g/mol. The quantitative estimate of drug-likeness (QED) is 0.648. The standard InChI is InChI=1S/C20H25N3O2S/c1-15-20(22(2)13-17-8-6-12-26-17)23-10-5-9-18(19(23)21-15)25-14-16-7-3-4-11-24-16/h5-6,8-10,12,16H,3-4,7,11,13-14H2,1-2H3. The van der Waals surface area contributed by atoms with Crippen LogP contribution in [-0.4, -0.2) is 35.8 Å². The van der Waals surface area contributed by atoms with Gasteiger partial charge in [-0.1, -0.05) is 6.07 Å². The summed E-state index contributed by atoms with van der Waals surface area (Å²) in [7, 11) is 2.11. The Morgan fingerprint density at radius 3 is 3.04 bits per heavy atom. The van der Waals surface area contributed by atoms with E-state index in [1.165, 1.54) is 11.3 Å². The average Bonchev–Trinajstić information content (AvgIpc) is 3.27. The van der Waals surface area contributed by atoms with Gasteiger partial charge in [-0.15, -0.1) is 11.3 Å². The molecule has 3 aromatic rings. The summed E-state index contributed by atoms with van der Waals surface area (Å²) >= 11 is 1.78. The fourth-order valence-electron chi connectivity index (χ4n) is 3.55. The molecule has 1 aliphatic heterocycles. The van der Waals surface area contributed by atoms with E-state index in [-0.39, 0.29) is 6.10 Å². The minimum Gasteiger partial charge on any atom is -0.487 e. The van der Waals surface area contributed by atoms with Gasteiger partial charge >= 0.3 is 0 Å². The van der Waals surface area contributed by atoms with Gasteiger partial charge in [-0.25, -0.2) is 4.98 Å². The van der Waals surface area contributed by atoms with Gasteiger partial charge in [0.25, 0.3) is 0 Å². The number of ether oxygens (including phenoxy) is 2. The number of aryl methyl sites for hydroxylation is 1. The van der Waals surface area contributed by atoms with Crippen molar-refractivity contribution in [2.75, 3.05) is 25.2 Å². The molecule has 0 bridgehead atoms. The zero-order valence-corrected chi connectivity index (χ0v) is 16.2. The number of anilines is 1. The maximum atomic E-state index is 6.09. The molecule has 26 heavy (non-hydrogen) atoms. The Morgan fingerprint density at radius 1 is 1.35 bits per heavy atom. The Kier molecular flexibility index (Phi) is 5.13. The van der Waals surface area contributed by atoms with E-state index in [2.05, 4.69) is 47.0 Å². The van der Waals surface area contributed by atoms with E-state index in [0.717, 1.165) is 48.9 Å². The topological polar surface area (TPSA) is 39.0 Å². The number of aromatic nitrogens is 2. The number of pyridine rings is 1. The van der Waals surface area contributed by atoms with Gasteiger partial charge in [0.15, 0.2) is 11.4 Å². The monoisotopic (exact) mass is 371 g/mol. The predicted octanol–water partition coefficient (Wildman–Crippen LogP) is 4.29. The smallest absolute Gasteiger partial charge is 0.181 e. The molecule has 1 saturated heterocycles. The highest BCUT2D eigenvalue weighted by atomic mass is 32.1. The van der Waals surface area contributed by atoms with Crippen molar-refractivity contribution in [3.63, 3.8) is 0 Å². The number of hydrogen-bond donors (Lipinski definition) is 0. The second-order valence-corrected chi connectivity index (χ2v) is 7.85. The lowest BCUT2D eigenvalue weighted by Gasteiger charge is -2.22. The van der Waals surface area contributed by atoms with E-state index >= 15 is 0 Å². The van der Waals surface area contributed by atoms with Crippen molar-refractivity contribution < 1.29 is 9.47 Å². The molecule has 138 valence electrons. The summed E-state index contributed by atoms with van der Waals surface area (Å²) in [5, 5.41) is 2.11. The van der Waals surface area contributed by atoms with Gasteiger partial charge in [-0.3, -0.25) is 4.40 Å². The summed E-state index contributed by atoms with van der Waals surface area (Å²) in [6.07, 6.45) is 5.70. The van der Waals surface area contributed by atoms with Gasteiger partial charge in [0.1, 0.15) is 12.4 Å². The van der Waals surface area contributed by atoms with E-state index < -0.39 is 0 Å². The lowest BCUT2D eigenvalue weighted by molar-refractivity contribution is -0.0108. The fraction of sp³-hybridized carbons (Fsp3) is 0.450. The van der Waals surface area contributed by atoms with Crippen LogP contribution in [0.15, 0.2) is 35.8 Å². The van der Waals surface area contributed by atoms with Gasteiger partial charge < -0.3 is 14.4 Å². The summed E-state index contributed by atoms with van der Waals surface area (Å²) in [6.45, 7) is 4.36. The van der Waals surface area contributed by atoms with E-state index in [0.29, 0.717) is 6.61 Å². The highest BCUT2D eigenvalue weighted by Gasteiger charge is 2.18. The second-order valence-electron chi connectivity index (χ2n) is 6.82. The second kappa shape index (κ2) is 7.68. The van der Waals surface area contributed by atoms with Crippen molar-refractivity contribution in [3.05, 3.63) is 46.4 Å². The van der Waals surface area contributed by atoms with Crippen molar-refractivity contribution in [2.45, 2.75) is 38.8 Å². The first-order valence-electron chi connectivity index (χ1n) is 9.18. The maximum Gasteiger partial charge on any atom is 0.181 e. The van der Waals surface area contributed by atoms with Crippen molar-refractivity contribution in [1.29, 1.82) is 0 Å². The molecule has 0 N–H and O–H groups in total. The van der Waals surface area contributed by atoms with Crippen molar-refractivity contribution >= 4 is 22.8 Å².